The molecule has 4 aromatic rings. The van der Waals surface area contributed by atoms with Crippen molar-refractivity contribution < 1.29 is 13.9 Å². The fraction of sp³-hybridized carbons (Fsp3) is 0.200. The van der Waals surface area contributed by atoms with Gasteiger partial charge in [0.25, 0.3) is 0 Å². The normalized spacial score (nSPS) is 10.9. The van der Waals surface area contributed by atoms with Crippen LogP contribution in [0.15, 0.2) is 52.9 Å². The van der Waals surface area contributed by atoms with E-state index in [0.29, 0.717) is 29.9 Å². The molecule has 28 heavy (non-hydrogen) atoms. The molecule has 2 aromatic carbocycles. The fourth-order valence-corrected chi connectivity index (χ4v) is 3.58. The number of nitrogens with one attached hydrogen (secondary N) is 1. The molecule has 0 aliphatic rings. The Labute approximate surface area is 165 Å². The number of thiazole rings is 1. The van der Waals surface area contributed by atoms with Crippen molar-refractivity contribution in [3.63, 3.8) is 0 Å². The minimum absolute atomic E-state index is 0.149. The Morgan fingerprint density at radius 3 is 2.86 bits per heavy atom. The summed E-state index contributed by atoms with van der Waals surface area (Å²) in [6, 6.07) is 15.2. The molecule has 1 amide bonds. The summed E-state index contributed by atoms with van der Waals surface area (Å²) in [4.78, 5) is 16.7. The molecule has 0 aliphatic carbocycles. The number of ether oxygens (including phenoxy) is 1. The van der Waals surface area contributed by atoms with Gasteiger partial charge in [-0.2, -0.15) is 0 Å². The van der Waals surface area contributed by atoms with Crippen molar-refractivity contribution in [1.29, 1.82) is 0 Å². The van der Waals surface area contributed by atoms with E-state index in [1.54, 1.807) is 0 Å². The first-order valence-electron chi connectivity index (χ1n) is 8.92. The van der Waals surface area contributed by atoms with Crippen molar-refractivity contribution in [1.82, 2.24) is 15.2 Å². The minimum atomic E-state index is -0.149. The molecule has 0 saturated carbocycles. The number of aromatic nitrogens is 3. The summed E-state index contributed by atoms with van der Waals surface area (Å²) >= 11 is 1.41. The molecule has 2 aromatic heterocycles. The molecule has 2 heterocycles. The standard InChI is InChI=1S/C20H18N4O3S/c1-2-26-14-8-9-15-16(12-14)28-20(21-15)22-17(25)10-11-18-23-24-19(27-18)13-6-4-3-5-7-13/h3-9,12H,2,10-11H2,1H3,(H,21,22,25). The highest BCUT2D eigenvalue weighted by atomic mass is 32.1. The lowest BCUT2D eigenvalue weighted by molar-refractivity contribution is -0.116. The van der Waals surface area contributed by atoms with Gasteiger partial charge in [0.05, 0.1) is 16.8 Å². The molecular formula is C20H18N4O3S. The van der Waals surface area contributed by atoms with Gasteiger partial charge in [0.15, 0.2) is 5.13 Å². The van der Waals surface area contributed by atoms with Crippen LogP contribution in [0.3, 0.4) is 0 Å². The number of hydrogen-bond acceptors (Lipinski definition) is 7. The number of benzene rings is 2. The maximum absolute atomic E-state index is 12.2. The first-order valence-corrected chi connectivity index (χ1v) is 9.74. The molecule has 0 aliphatic heterocycles. The van der Waals surface area contributed by atoms with E-state index in [1.165, 1.54) is 11.3 Å². The number of amides is 1. The molecule has 1 N–H and O–H groups in total. The lowest BCUT2D eigenvalue weighted by Crippen LogP contribution is -2.12. The minimum Gasteiger partial charge on any atom is -0.494 e. The Hall–Kier alpha value is -3.26. The molecular weight excluding hydrogens is 376 g/mol. The second kappa shape index (κ2) is 8.18. The summed E-state index contributed by atoms with van der Waals surface area (Å²) in [5.41, 5.74) is 1.68. The van der Waals surface area contributed by atoms with Crippen molar-refractivity contribution in [2.45, 2.75) is 19.8 Å². The summed E-state index contributed by atoms with van der Waals surface area (Å²) < 4.78 is 12.1. The average Bonchev–Trinajstić information content (AvgIpc) is 3.33. The van der Waals surface area contributed by atoms with Crippen LogP contribution in [0, 0.1) is 0 Å². The first-order chi connectivity index (χ1) is 13.7. The van der Waals surface area contributed by atoms with Gasteiger partial charge in [-0.05, 0) is 37.3 Å². The summed E-state index contributed by atoms with van der Waals surface area (Å²) in [7, 11) is 0. The maximum atomic E-state index is 12.2. The molecule has 0 spiro atoms. The smallest absolute Gasteiger partial charge is 0.247 e. The lowest BCUT2D eigenvalue weighted by Gasteiger charge is -2.00. The monoisotopic (exact) mass is 394 g/mol. The number of anilines is 1. The van der Waals surface area contributed by atoms with Crippen LogP contribution in [0.5, 0.6) is 5.75 Å². The van der Waals surface area contributed by atoms with E-state index >= 15 is 0 Å². The van der Waals surface area contributed by atoms with Gasteiger partial charge in [-0.15, -0.1) is 10.2 Å². The van der Waals surface area contributed by atoms with Gasteiger partial charge in [0.1, 0.15) is 5.75 Å². The van der Waals surface area contributed by atoms with E-state index in [2.05, 4.69) is 20.5 Å². The molecule has 0 radical (unpaired) electrons. The Morgan fingerprint density at radius 2 is 2.04 bits per heavy atom. The second-order valence-corrected chi connectivity index (χ2v) is 7.03. The fourth-order valence-electron chi connectivity index (χ4n) is 2.67. The lowest BCUT2D eigenvalue weighted by atomic mass is 10.2. The summed E-state index contributed by atoms with van der Waals surface area (Å²) in [5.74, 6) is 1.53. The highest BCUT2D eigenvalue weighted by Crippen LogP contribution is 2.29. The predicted octanol–water partition coefficient (Wildman–Crippen LogP) is 4.32. The Balaban J connectivity index is 1.36. The van der Waals surface area contributed by atoms with Crippen LogP contribution >= 0.6 is 11.3 Å². The van der Waals surface area contributed by atoms with Crippen molar-refractivity contribution in [2.24, 2.45) is 0 Å². The van der Waals surface area contributed by atoms with Crippen molar-refractivity contribution in [3.8, 4) is 17.2 Å². The zero-order valence-corrected chi connectivity index (χ0v) is 16.0. The molecule has 0 atom stereocenters. The third-order valence-corrected chi connectivity index (χ3v) is 4.90. The Kier molecular flexibility index (Phi) is 5.29. The maximum Gasteiger partial charge on any atom is 0.247 e. The van der Waals surface area contributed by atoms with Crippen molar-refractivity contribution in [3.05, 3.63) is 54.4 Å². The van der Waals surface area contributed by atoms with Crippen LogP contribution in [-0.2, 0) is 11.2 Å². The van der Waals surface area contributed by atoms with Crippen molar-refractivity contribution in [2.75, 3.05) is 11.9 Å². The number of rotatable bonds is 7. The molecule has 142 valence electrons. The third kappa shape index (κ3) is 4.17. The Bertz CT molecular complexity index is 1090. The quantitative estimate of drug-likeness (QED) is 0.502. The summed E-state index contributed by atoms with van der Waals surface area (Å²) in [5, 5.41) is 11.4. The number of aryl methyl sites for hydroxylation is 1. The van der Waals surface area contributed by atoms with Gasteiger partial charge >= 0.3 is 0 Å². The summed E-state index contributed by atoms with van der Waals surface area (Å²) in [6.07, 6.45) is 0.599. The van der Waals surface area contributed by atoms with Gasteiger partial charge in [-0.3, -0.25) is 4.79 Å². The van der Waals surface area contributed by atoms with E-state index in [-0.39, 0.29) is 12.3 Å². The number of fused-ring (bicyclic) bond motifs is 1. The van der Waals surface area contributed by atoms with E-state index in [1.807, 2.05) is 55.5 Å². The van der Waals surface area contributed by atoms with E-state index in [0.717, 1.165) is 21.5 Å². The molecule has 0 unspecified atom stereocenters. The molecule has 8 heteroatoms. The molecule has 4 rings (SSSR count). The van der Waals surface area contributed by atoms with Crippen LogP contribution in [0.4, 0.5) is 5.13 Å². The predicted molar refractivity (Wildman–Crippen MR) is 107 cm³/mol. The van der Waals surface area contributed by atoms with Crippen LogP contribution in [0.1, 0.15) is 19.2 Å². The molecule has 7 nitrogen and oxygen atoms in total. The van der Waals surface area contributed by atoms with Gasteiger partial charge in [-0.25, -0.2) is 4.98 Å². The largest absolute Gasteiger partial charge is 0.494 e. The van der Waals surface area contributed by atoms with Crippen molar-refractivity contribution >= 4 is 32.6 Å². The number of carbonyl (C=O) groups excluding carboxylic acids is 1. The van der Waals surface area contributed by atoms with E-state index in [9.17, 15) is 4.79 Å². The van der Waals surface area contributed by atoms with Crippen LogP contribution in [0.25, 0.3) is 21.7 Å². The van der Waals surface area contributed by atoms with Crippen LogP contribution < -0.4 is 10.1 Å². The molecule has 0 bridgehead atoms. The highest BCUT2D eigenvalue weighted by molar-refractivity contribution is 7.22. The third-order valence-electron chi connectivity index (χ3n) is 3.97. The average molecular weight is 394 g/mol. The van der Waals surface area contributed by atoms with E-state index < -0.39 is 0 Å². The molecule has 0 saturated heterocycles. The topological polar surface area (TPSA) is 90.1 Å². The highest BCUT2D eigenvalue weighted by Gasteiger charge is 2.12. The van der Waals surface area contributed by atoms with Gasteiger partial charge < -0.3 is 14.5 Å². The van der Waals surface area contributed by atoms with Gasteiger partial charge in [0.2, 0.25) is 17.7 Å². The van der Waals surface area contributed by atoms with Crippen LogP contribution in [-0.4, -0.2) is 27.7 Å². The number of hydrogen-bond donors (Lipinski definition) is 1. The SMILES string of the molecule is CCOc1ccc2nc(NC(=O)CCc3nnc(-c4ccccc4)o3)sc2c1. The number of carbonyl (C=O) groups is 1. The van der Waals surface area contributed by atoms with Gasteiger partial charge in [0, 0.05) is 18.4 Å². The second-order valence-electron chi connectivity index (χ2n) is 6.00. The van der Waals surface area contributed by atoms with Gasteiger partial charge in [-0.1, -0.05) is 29.5 Å². The number of nitrogens with zero attached hydrogens (tertiary/aromatic N) is 3. The summed E-state index contributed by atoms with van der Waals surface area (Å²) in [6.45, 7) is 2.55. The zero-order chi connectivity index (χ0) is 19.3. The van der Waals surface area contributed by atoms with E-state index in [4.69, 9.17) is 9.15 Å². The Morgan fingerprint density at radius 1 is 1.18 bits per heavy atom. The molecule has 0 fully saturated rings. The zero-order valence-electron chi connectivity index (χ0n) is 15.2. The first kappa shape index (κ1) is 18.1. The van der Waals surface area contributed by atoms with Crippen LogP contribution in [0.2, 0.25) is 0 Å².